The van der Waals surface area contributed by atoms with Gasteiger partial charge in [0.1, 0.15) is 5.60 Å². The van der Waals surface area contributed by atoms with Gasteiger partial charge in [-0.05, 0) is 53.5 Å². The minimum Gasteiger partial charge on any atom is -0.468 e. The van der Waals surface area contributed by atoms with Crippen molar-refractivity contribution in [3.63, 3.8) is 0 Å². The number of methoxy groups -OCH3 is 1. The van der Waals surface area contributed by atoms with E-state index in [1.807, 2.05) is 32.7 Å². The fraction of sp³-hybridized carbons (Fsp3) is 0.867. The largest absolute Gasteiger partial charge is 0.468 e. The van der Waals surface area contributed by atoms with E-state index in [1.54, 1.807) is 0 Å². The van der Waals surface area contributed by atoms with Gasteiger partial charge in [0.15, 0.2) is 0 Å². The van der Waals surface area contributed by atoms with Gasteiger partial charge in [-0.25, -0.2) is 4.79 Å². The highest BCUT2D eigenvalue weighted by molar-refractivity contribution is 5.71. The lowest BCUT2D eigenvalue weighted by molar-refractivity contribution is -0.142. The zero-order valence-corrected chi connectivity index (χ0v) is 13.8. The molecule has 0 unspecified atom stereocenters. The number of nitrogens with one attached hydrogen (secondary N) is 1. The Balaban J connectivity index is 2.32. The van der Waals surface area contributed by atoms with Crippen LogP contribution in [-0.4, -0.2) is 55.3 Å². The van der Waals surface area contributed by atoms with Gasteiger partial charge < -0.3 is 14.8 Å². The second-order valence-corrected chi connectivity index (χ2v) is 6.64. The summed E-state index contributed by atoms with van der Waals surface area (Å²) in [6, 6.07) is 0.517. The number of amides is 1. The zero-order chi connectivity index (χ0) is 16.0. The van der Waals surface area contributed by atoms with Crippen LogP contribution >= 0.6 is 0 Å². The first-order valence-corrected chi connectivity index (χ1v) is 7.48. The molecule has 0 atom stereocenters. The minimum absolute atomic E-state index is 0.155. The molecule has 0 spiro atoms. The number of hydrogen-bond acceptors (Lipinski definition) is 5. The summed E-state index contributed by atoms with van der Waals surface area (Å²) in [5.74, 6) is -0.216. The number of alkyl carbamates (subject to hydrolysis) is 1. The fourth-order valence-corrected chi connectivity index (χ4v) is 2.53. The molecular weight excluding hydrogens is 272 g/mol. The summed E-state index contributed by atoms with van der Waals surface area (Å²) in [6.45, 7) is 5.87. The Bertz CT molecular complexity index is 357. The molecule has 0 heterocycles. The van der Waals surface area contributed by atoms with E-state index in [-0.39, 0.29) is 18.1 Å². The number of hydrogen-bond donors (Lipinski definition) is 1. The van der Waals surface area contributed by atoms with E-state index in [2.05, 4.69) is 10.1 Å². The van der Waals surface area contributed by atoms with Crippen molar-refractivity contribution in [3.8, 4) is 0 Å². The maximum Gasteiger partial charge on any atom is 0.407 e. The summed E-state index contributed by atoms with van der Waals surface area (Å²) < 4.78 is 9.94. The SMILES string of the molecule is COC(=O)CN(C)C1CCC(NC(=O)OC(C)(C)C)CC1. The van der Waals surface area contributed by atoms with E-state index in [0.717, 1.165) is 25.7 Å². The first-order valence-electron chi connectivity index (χ1n) is 7.48. The molecular formula is C15H28N2O4. The molecule has 0 aromatic carbocycles. The first kappa shape index (κ1) is 17.8. The number of rotatable bonds is 4. The lowest BCUT2D eigenvalue weighted by Crippen LogP contribution is -2.45. The predicted octanol–water partition coefficient (Wildman–Crippen LogP) is 1.93. The van der Waals surface area contributed by atoms with Crippen molar-refractivity contribution in [2.24, 2.45) is 0 Å². The summed E-state index contributed by atoms with van der Waals surface area (Å²) in [5.41, 5.74) is -0.470. The van der Waals surface area contributed by atoms with Gasteiger partial charge in [-0.1, -0.05) is 0 Å². The predicted molar refractivity (Wildman–Crippen MR) is 80.1 cm³/mol. The van der Waals surface area contributed by atoms with Crippen LogP contribution in [0.25, 0.3) is 0 Å². The summed E-state index contributed by atoms with van der Waals surface area (Å²) in [6.07, 6.45) is 3.35. The maximum atomic E-state index is 11.7. The van der Waals surface area contributed by atoms with Crippen LogP contribution in [0.3, 0.4) is 0 Å². The van der Waals surface area contributed by atoms with Crippen molar-refractivity contribution in [2.45, 2.75) is 64.1 Å². The van der Waals surface area contributed by atoms with Gasteiger partial charge in [0.05, 0.1) is 13.7 Å². The first-order chi connectivity index (χ1) is 9.71. The highest BCUT2D eigenvalue weighted by Gasteiger charge is 2.27. The van der Waals surface area contributed by atoms with Crippen molar-refractivity contribution in [1.29, 1.82) is 0 Å². The van der Waals surface area contributed by atoms with E-state index >= 15 is 0 Å². The van der Waals surface area contributed by atoms with E-state index in [9.17, 15) is 9.59 Å². The van der Waals surface area contributed by atoms with Crippen LogP contribution in [0.2, 0.25) is 0 Å². The minimum atomic E-state index is -0.470. The van der Waals surface area contributed by atoms with Crippen molar-refractivity contribution < 1.29 is 19.1 Å². The molecule has 0 aromatic rings. The van der Waals surface area contributed by atoms with Gasteiger partial charge in [0, 0.05) is 12.1 Å². The Morgan fingerprint density at radius 1 is 1.19 bits per heavy atom. The van der Waals surface area contributed by atoms with Crippen LogP contribution in [0, 0.1) is 0 Å². The number of carbonyl (C=O) groups excluding carboxylic acids is 2. The van der Waals surface area contributed by atoms with Gasteiger partial charge in [0.2, 0.25) is 0 Å². The van der Waals surface area contributed by atoms with Crippen molar-refractivity contribution in [3.05, 3.63) is 0 Å². The Morgan fingerprint density at radius 2 is 1.76 bits per heavy atom. The molecule has 6 nitrogen and oxygen atoms in total. The van der Waals surface area contributed by atoms with Crippen molar-refractivity contribution in [1.82, 2.24) is 10.2 Å². The average molecular weight is 300 g/mol. The lowest BCUT2D eigenvalue weighted by atomic mass is 9.90. The molecule has 1 amide bonds. The monoisotopic (exact) mass is 300 g/mol. The highest BCUT2D eigenvalue weighted by atomic mass is 16.6. The number of nitrogens with zero attached hydrogens (tertiary/aromatic N) is 1. The molecule has 1 saturated carbocycles. The van der Waals surface area contributed by atoms with Crippen LogP contribution in [-0.2, 0) is 14.3 Å². The molecule has 1 fully saturated rings. The third-order valence-electron chi connectivity index (χ3n) is 3.65. The van der Waals surface area contributed by atoms with Crippen molar-refractivity contribution in [2.75, 3.05) is 20.7 Å². The number of carbonyl (C=O) groups is 2. The van der Waals surface area contributed by atoms with Crippen LogP contribution < -0.4 is 5.32 Å². The third-order valence-corrected chi connectivity index (χ3v) is 3.65. The average Bonchev–Trinajstić information content (AvgIpc) is 2.36. The molecule has 6 heteroatoms. The Morgan fingerprint density at radius 3 is 2.24 bits per heavy atom. The smallest absolute Gasteiger partial charge is 0.407 e. The van der Waals surface area contributed by atoms with E-state index in [1.165, 1.54) is 7.11 Å². The maximum absolute atomic E-state index is 11.7. The molecule has 21 heavy (non-hydrogen) atoms. The second-order valence-electron chi connectivity index (χ2n) is 6.64. The summed E-state index contributed by atoms with van der Waals surface area (Å²) in [5, 5.41) is 2.92. The summed E-state index contributed by atoms with van der Waals surface area (Å²) in [7, 11) is 3.33. The van der Waals surface area contributed by atoms with Crippen LogP contribution in [0.15, 0.2) is 0 Å². The van der Waals surface area contributed by atoms with Crippen LogP contribution in [0.4, 0.5) is 4.79 Å². The Labute approximate surface area is 127 Å². The number of ether oxygens (including phenoxy) is 2. The van der Waals surface area contributed by atoms with Gasteiger partial charge in [-0.3, -0.25) is 9.69 Å². The second kappa shape index (κ2) is 7.64. The van der Waals surface area contributed by atoms with Crippen molar-refractivity contribution >= 4 is 12.1 Å². The fourth-order valence-electron chi connectivity index (χ4n) is 2.53. The summed E-state index contributed by atoms with van der Waals surface area (Å²) in [4.78, 5) is 25.0. The molecule has 0 aromatic heterocycles. The molecule has 0 aliphatic heterocycles. The van der Waals surface area contributed by atoms with Crippen LogP contribution in [0.5, 0.6) is 0 Å². The highest BCUT2D eigenvalue weighted by Crippen LogP contribution is 2.22. The van der Waals surface area contributed by atoms with Gasteiger partial charge in [-0.15, -0.1) is 0 Å². The van der Waals surface area contributed by atoms with E-state index in [0.29, 0.717) is 12.6 Å². The Hall–Kier alpha value is -1.30. The number of likely N-dealkylation sites (N-methyl/N-ethyl adjacent to an activating group) is 1. The van der Waals surface area contributed by atoms with E-state index < -0.39 is 5.60 Å². The van der Waals surface area contributed by atoms with Gasteiger partial charge in [0.25, 0.3) is 0 Å². The molecule has 1 N–H and O–H groups in total. The summed E-state index contributed by atoms with van der Waals surface area (Å²) >= 11 is 0. The molecule has 1 aliphatic rings. The number of esters is 1. The van der Waals surface area contributed by atoms with Gasteiger partial charge >= 0.3 is 12.1 Å². The molecule has 0 bridgehead atoms. The Kier molecular flexibility index (Phi) is 6.45. The zero-order valence-electron chi connectivity index (χ0n) is 13.8. The topological polar surface area (TPSA) is 67.9 Å². The molecule has 1 rings (SSSR count). The van der Waals surface area contributed by atoms with E-state index in [4.69, 9.17) is 4.74 Å². The normalized spacial score (nSPS) is 22.8. The quantitative estimate of drug-likeness (QED) is 0.804. The molecule has 0 radical (unpaired) electrons. The van der Waals surface area contributed by atoms with Gasteiger partial charge in [-0.2, -0.15) is 0 Å². The lowest BCUT2D eigenvalue weighted by Gasteiger charge is -2.34. The third kappa shape index (κ3) is 6.80. The molecule has 122 valence electrons. The standard InChI is InChI=1S/C15H28N2O4/c1-15(2,3)21-14(19)16-11-6-8-12(9-7-11)17(4)10-13(18)20-5/h11-12H,6-10H2,1-5H3,(H,16,19). The van der Waals surface area contributed by atoms with Crippen LogP contribution in [0.1, 0.15) is 46.5 Å². The molecule has 0 saturated heterocycles. The molecule has 1 aliphatic carbocycles.